The Labute approximate surface area is 137 Å². The number of carbonyl (C=O) groups is 1. The Morgan fingerprint density at radius 1 is 1.32 bits per heavy atom. The van der Waals surface area contributed by atoms with Crippen molar-refractivity contribution in [3.63, 3.8) is 0 Å². The SMILES string of the molecule is COCc1cc(C(=O)NCCNC2CCCCCC2)no1.Cl. The molecule has 0 aliphatic heterocycles. The highest BCUT2D eigenvalue weighted by Crippen LogP contribution is 2.16. The molecule has 1 aliphatic rings. The van der Waals surface area contributed by atoms with Crippen molar-refractivity contribution in [3.8, 4) is 0 Å². The molecule has 0 atom stereocenters. The van der Waals surface area contributed by atoms with Gasteiger partial charge in [-0.15, -0.1) is 12.4 Å². The summed E-state index contributed by atoms with van der Waals surface area (Å²) in [6.45, 7) is 1.71. The normalized spacial score (nSPS) is 15.9. The van der Waals surface area contributed by atoms with Gasteiger partial charge in [-0.3, -0.25) is 4.79 Å². The van der Waals surface area contributed by atoms with Gasteiger partial charge in [-0.1, -0.05) is 30.8 Å². The van der Waals surface area contributed by atoms with E-state index in [-0.39, 0.29) is 18.3 Å². The Morgan fingerprint density at radius 2 is 2.05 bits per heavy atom. The average Bonchev–Trinajstić information content (AvgIpc) is 2.80. The summed E-state index contributed by atoms with van der Waals surface area (Å²) in [4.78, 5) is 11.9. The minimum atomic E-state index is -0.205. The number of hydrogen-bond acceptors (Lipinski definition) is 5. The van der Waals surface area contributed by atoms with E-state index in [9.17, 15) is 4.79 Å². The first-order chi connectivity index (χ1) is 10.3. The highest BCUT2D eigenvalue weighted by molar-refractivity contribution is 5.92. The second kappa shape index (κ2) is 10.6. The lowest BCUT2D eigenvalue weighted by Crippen LogP contribution is -2.36. The lowest BCUT2D eigenvalue weighted by Gasteiger charge is -2.16. The second-order valence-electron chi connectivity index (χ2n) is 5.51. The van der Waals surface area contributed by atoms with Crippen LogP contribution in [0, 0.1) is 0 Å². The molecule has 0 bridgehead atoms. The predicted molar refractivity (Wildman–Crippen MR) is 86.3 cm³/mol. The van der Waals surface area contributed by atoms with Crippen LogP contribution in [0.15, 0.2) is 10.6 Å². The molecule has 1 aromatic rings. The molecule has 2 N–H and O–H groups in total. The van der Waals surface area contributed by atoms with Crippen molar-refractivity contribution in [2.75, 3.05) is 20.2 Å². The number of nitrogens with one attached hydrogen (secondary N) is 2. The summed E-state index contributed by atoms with van der Waals surface area (Å²) in [7, 11) is 1.57. The van der Waals surface area contributed by atoms with Crippen LogP contribution in [0.2, 0.25) is 0 Å². The summed E-state index contributed by atoms with van der Waals surface area (Å²) in [6, 6.07) is 2.21. The van der Waals surface area contributed by atoms with Crippen LogP contribution in [0.3, 0.4) is 0 Å². The summed E-state index contributed by atoms with van der Waals surface area (Å²) in [5.41, 5.74) is 0.302. The van der Waals surface area contributed by atoms with E-state index in [1.54, 1.807) is 13.2 Å². The van der Waals surface area contributed by atoms with Gasteiger partial charge in [-0.25, -0.2) is 0 Å². The van der Waals surface area contributed by atoms with Crippen LogP contribution in [-0.4, -0.2) is 37.3 Å². The fourth-order valence-electron chi connectivity index (χ4n) is 2.66. The largest absolute Gasteiger partial charge is 0.377 e. The van der Waals surface area contributed by atoms with Crippen LogP contribution >= 0.6 is 12.4 Å². The Hall–Kier alpha value is -1.11. The number of aromatic nitrogens is 1. The fraction of sp³-hybridized carbons (Fsp3) is 0.733. The number of carbonyl (C=O) groups excluding carboxylic acids is 1. The zero-order chi connectivity index (χ0) is 14.9. The van der Waals surface area contributed by atoms with E-state index in [4.69, 9.17) is 9.26 Å². The molecule has 7 heteroatoms. The molecule has 1 amide bonds. The lowest BCUT2D eigenvalue weighted by molar-refractivity contribution is 0.0943. The van der Waals surface area contributed by atoms with Crippen LogP contribution in [0.1, 0.15) is 54.8 Å². The van der Waals surface area contributed by atoms with Crippen molar-refractivity contribution in [1.82, 2.24) is 15.8 Å². The quantitative estimate of drug-likeness (QED) is 0.592. The molecule has 0 unspecified atom stereocenters. The summed E-state index contributed by atoms with van der Waals surface area (Å²) >= 11 is 0. The van der Waals surface area contributed by atoms with Gasteiger partial charge >= 0.3 is 0 Å². The van der Waals surface area contributed by atoms with Gasteiger partial charge in [0.15, 0.2) is 11.5 Å². The number of amides is 1. The minimum Gasteiger partial charge on any atom is -0.377 e. The summed E-state index contributed by atoms with van der Waals surface area (Å²) < 4.78 is 9.91. The van der Waals surface area contributed by atoms with Gasteiger partial charge < -0.3 is 19.9 Å². The Morgan fingerprint density at radius 3 is 2.73 bits per heavy atom. The summed E-state index contributed by atoms with van der Waals surface area (Å²) in [5.74, 6) is 0.350. The first-order valence-corrected chi connectivity index (χ1v) is 7.75. The molecule has 0 saturated heterocycles. The van der Waals surface area contributed by atoms with Crippen molar-refractivity contribution in [2.45, 2.75) is 51.2 Å². The van der Waals surface area contributed by atoms with E-state index < -0.39 is 0 Å². The minimum absolute atomic E-state index is 0. The Balaban J connectivity index is 0.00000242. The van der Waals surface area contributed by atoms with E-state index in [1.165, 1.54) is 38.5 Å². The van der Waals surface area contributed by atoms with E-state index in [2.05, 4.69) is 15.8 Å². The number of hydrogen-bond donors (Lipinski definition) is 2. The molecule has 0 spiro atoms. The molecule has 1 fully saturated rings. The number of rotatable bonds is 7. The van der Waals surface area contributed by atoms with Crippen molar-refractivity contribution in [3.05, 3.63) is 17.5 Å². The third kappa shape index (κ3) is 6.34. The van der Waals surface area contributed by atoms with Crippen molar-refractivity contribution in [1.29, 1.82) is 0 Å². The zero-order valence-electron chi connectivity index (χ0n) is 13.1. The van der Waals surface area contributed by atoms with E-state index in [0.29, 0.717) is 30.6 Å². The van der Waals surface area contributed by atoms with Gasteiger partial charge in [0.1, 0.15) is 6.61 Å². The maximum Gasteiger partial charge on any atom is 0.273 e. The van der Waals surface area contributed by atoms with Gasteiger partial charge in [-0.05, 0) is 12.8 Å². The van der Waals surface area contributed by atoms with E-state index >= 15 is 0 Å². The topological polar surface area (TPSA) is 76.4 Å². The highest BCUT2D eigenvalue weighted by Gasteiger charge is 2.13. The van der Waals surface area contributed by atoms with Crippen LogP contribution < -0.4 is 10.6 Å². The Kier molecular flexibility index (Phi) is 9.11. The molecule has 0 aromatic carbocycles. The van der Waals surface area contributed by atoms with Gasteiger partial charge in [0.05, 0.1) is 0 Å². The van der Waals surface area contributed by atoms with Crippen molar-refractivity contribution in [2.24, 2.45) is 0 Å². The standard InChI is InChI=1S/C15H25N3O3.ClH/c1-20-11-13-10-14(18-21-13)15(19)17-9-8-16-12-6-4-2-3-5-7-12;/h10,12,16H,2-9,11H2,1H3,(H,17,19);1H. The number of ether oxygens (including phenoxy) is 1. The molecule has 1 saturated carbocycles. The lowest BCUT2D eigenvalue weighted by atomic mass is 10.1. The third-order valence-corrected chi connectivity index (χ3v) is 3.78. The monoisotopic (exact) mass is 331 g/mol. The zero-order valence-corrected chi connectivity index (χ0v) is 13.9. The maximum absolute atomic E-state index is 11.9. The molecular formula is C15H26ClN3O3. The molecule has 22 heavy (non-hydrogen) atoms. The molecule has 1 aliphatic carbocycles. The van der Waals surface area contributed by atoms with Crippen LogP contribution in [0.25, 0.3) is 0 Å². The Bertz CT molecular complexity index is 431. The maximum atomic E-state index is 11.9. The van der Waals surface area contributed by atoms with Crippen LogP contribution in [0.4, 0.5) is 0 Å². The predicted octanol–water partition coefficient (Wildman–Crippen LogP) is 2.28. The van der Waals surface area contributed by atoms with E-state index in [1.807, 2.05) is 0 Å². The molecule has 6 nitrogen and oxygen atoms in total. The molecule has 126 valence electrons. The van der Waals surface area contributed by atoms with Gasteiger partial charge in [0, 0.05) is 32.3 Å². The third-order valence-electron chi connectivity index (χ3n) is 3.78. The van der Waals surface area contributed by atoms with Gasteiger partial charge in [-0.2, -0.15) is 0 Å². The molecule has 0 radical (unpaired) electrons. The second-order valence-corrected chi connectivity index (χ2v) is 5.51. The van der Waals surface area contributed by atoms with Crippen LogP contribution in [0.5, 0.6) is 0 Å². The smallest absolute Gasteiger partial charge is 0.273 e. The summed E-state index contributed by atoms with van der Waals surface area (Å²) in [5, 5.41) is 10.1. The van der Waals surface area contributed by atoms with Gasteiger partial charge in [0.25, 0.3) is 5.91 Å². The summed E-state index contributed by atoms with van der Waals surface area (Å²) in [6.07, 6.45) is 7.82. The number of methoxy groups -OCH3 is 1. The average molecular weight is 332 g/mol. The first-order valence-electron chi connectivity index (χ1n) is 7.75. The van der Waals surface area contributed by atoms with Crippen LogP contribution in [-0.2, 0) is 11.3 Å². The number of halogens is 1. The first kappa shape index (κ1) is 18.9. The van der Waals surface area contributed by atoms with Crippen molar-refractivity contribution >= 4 is 18.3 Å². The highest BCUT2D eigenvalue weighted by atomic mass is 35.5. The van der Waals surface area contributed by atoms with Gasteiger partial charge in [0.2, 0.25) is 0 Å². The van der Waals surface area contributed by atoms with Crippen molar-refractivity contribution < 1.29 is 14.1 Å². The molecular weight excluding hydrogens is 306 g/mol. The van der Waals surface area contributed by atoms with E-state index in [0.717, 1.165) is 6.54 Å². The molecule has 1 heterocycles. The molecule has 2 rings (SSSR count). The molecule has 1 aromatic heterocycles. The fourth-order valence-corrected chi connectivity index (χ4v) is 2.66. The number of nitrogens with zero attached hydrogens (tertiary/aromatic N) is 1.